The Morgan fingerprint density at radius 1 is 1.20 bits per heavy atom. The number of benzene rings is 2. The van der Waals surface area contributed by atoms with Crippen LogP contribution in [0.2, 0.25) is 0 Å². The molecule has 104 valence electrons. The van der Waals surface area contributed by atoms with Crippen molar-refractivity contribution in [3.05, 3.63) is 53.6 Å². The van der Waals surface area contributed by atoms with Crippen molar-refractivity contribution in [1.29, 1.82) is 0 Å². The van der Waals surface area contributed by atoms with Crippen LogP contribution in [0.15, 0.2) is 42.5 Å². The van der Waals surface area contributed by atoms with Crippen LogP contribution in [0.25, 0.3) is 0 Å². The van der Waals surface area contributed by atoms with Gasteiger partial charge >= 0.3 is 5.97 Å². The monoisotopic (exact) mass is 271 g/mol. The second-order valence-electron chi connectivity index (χ2n) is 4.35. The van der Waals surface area contributed by atoms with Crippen LogP contribution >= 0.6 is 0 Å². The third-order valence-electron chi connectivity index (χ3n) is 2.97. The standard InChI is InChI=1S/C16H17NO3/c1-3-11-5-4-6-13(9-11)20-15-10-12(16(18)19-2)7-8-14(15)17/h4-10H,3,17H2,1-2H3. The zero-order valence-electron chi connectivity index (χ0n) is 11.6. The molecule has 0 unspecified atom stereocenters. The Balaban J connectivity index is 2.30. The van der Waals surface area contributed by atoms with E-state index in [9.17, 15) is 4.79 Å². The molecule has 0 aromatic heterocycles. The van der Waals surface area contributed by atoms with Gasteiger partial charge in [-0.1, -0.05) is 19.1 Å². The average molecular weight is 271 g/mol. The molecule has 0 atom stereocenters. The Morgan fingerprint density at radius 2 is 2.00 bits per heavy atom. The molecule has 2 aromatic carbocycles. The number of hydrogen-bond donors (Lipinski definition) is 1. The summed E-state index contributed by atoms with van der Waals surface area (Å²) in [5.41, 5.74) is 7.92. The molecule has 2 aromatic rings. The zero-order valence-corrected chi connectivity index (χ0v) is 11.6. The SMILES string of the molecule is CCc1cccc(Oc2cc(C(=O)OC)ccc2N)c1. The molecule has 0 bridgehead atoms. The number of rotatable bonds is 4. The van der Waals surface area contributed by atoms with Gasteiger partial charge in [-0.3, -0.25) is 0 Å². The lowest BCUT2D eigenvalue weighted by atomic mass is 10.1. The molecular weight excluding hydrogens is 254 g/mol. The Labute approximate surface area is 118 Å². The van der Waals surface area contributed by atoms with Gasteiger partial charge in [-0.15, -0.1) is 0 Å². The molecule has 0 saturated carbocycles. The number of carbonyl (C=O) groups is 1. The summed E-state index contributed by atoms with van der Waals surface area (Å²) in [7, 11) is 1.34. The highest BCUT2D eigenvalue weighted by Gasteiger charge is 2.10. The number of hydrogen-bond acceptors (Lipinski definition) is 4. The summed E-state index contributed by atoms with van der Waals surface area (Å²) in [6.45, 7) is 2.07. The molecule has 0 saturated heterocycles. The number of carbonyl (C=O) groups excluding carboxylic acids is 1. The van der Waals surface area contributed by atoms with Crippen molar-refractivity contribution in [3.8, 4) is 11.5 Å². The van der Waals surface area contributed by atoms with Gasteiger partial charge in [-0.2, -0.15) is 0 Å². The van der Waals surface area contributed by atoms with E-state index in [2.05, 4.69) is 11.7 Å². The largest absolute Gasteiger partial charge is 0.465 e. The van der Waals surface area contributed by atoms with Crippen molar-refractivity contribution in [3.63, 3.8) is 0 Å². The minimum atomic E-state index is -0.419. The maximum absolute atomic E-state index is 11.5. The van der Waals surface area contributed by atoms with Gasteiger partial charge in [0, 0.05) is 0 Å². The lowest BCUT2D eigenvalue weighted by molar-refractivity contribution is 0.0600. The number of nitrogen functional groups attached to an aromatic ring is 1. The van der Waals surface area contributed by atoms with Gasteiger partial charge in [-0.25, -0.2) is 4.79 Å². The predicted molar refractivity (Wildman–Crippen MR) is 78.1 cm³/mol. The highest BCUT2D eigenvalue weighted by atomic mass is 16.5. The fourth-order valence-electron chi connectivity index (χ4n) is 1.82. The average Bonchev–Trinajstić information content (AvgIpc) is 2.49. The summed E-state index contributed by atoms with van der Waals surface area (Å²) < 4.78 is 10.4. The molecule has 0 aliphatic heterocycles. The third-order valence-corrected chi connectivity index (χ3v) is 2.97. The smallest absolute Gasteiger partial charge is 0.337 e. The van der Waals surface area contributed by atoms with E-state index in [-0.39, 0.29) is 0 Å². The minimum absolute atomic E-state index is 0.406. The molecule has 0 heterocycles. The number of aryl methyl sites for hydroxylation is 1. The predicted octanol–water partition coefficient (Wildman–Crippen LogP) is 3.41. The molecule has 0 spiro atoms. The van der Waals surface area contributed by atoms with E-state index in [1.165, 1.54) is 12.7 Å². The molecule has 4 heteroatoms. The van der Waals surface area contributed by atoms with Crippen molar-refractivity contribution in [1.82, 2.24) is 0 Å². The van der Waals surface area contributed by atoms with Crippen LogP contribution in [0.3, 0.4) is 0 Å². The maximum atomic E-state index is 11.5. The highest BCUT2D eigenvalue weighted by molar-refractivity contribution is 5.90. The third kappa shape index (κ3) is 3.09. The van der Waals surface area contributed by atoms with Crippen LogP contribution in [0.1, 0.15) is 22.8 Å². The van der Waals surface area contributed by atoms with Crippen LogP contribution in [0, 0.1) is 0 Å². The van der Waals surface area contributed by atoms with Gasteiger partial charge in [0.15, 0.2) is 5.75 Å². The first-order valence-electron chi connectivity index (χ1n) is 6.38. The van der Waals surface area contributed by atoms with Gasteiger partial charge in [0.2, 0.25) is 0 Å². The van der Waals surface area contributed by atoms with Crippen molar-refractivity contribution in [2.24, 2.45) is 0 Å². The van der Waals surface area contributed by atoms with Gasteiger partial charge in [-0.05, 0) is 42.3 Å². The van der Waals surface area contributed by atoms with E-state index >= 15 is 0 Å². The Hall–Kier alpha value is -2.49. The molecule has 0 radical (unpaired) electrons. The van der Waals surface area contributed by atoms with Gasteiger partial charge in [0.1, 0.15) is 5.75 Å². The van der Waals surface area contributed by atoms with Crippen molar-refractivity contribution < 1.29 is 14.3 Å². The first-order valence-corrected chi connectivity index (χ1v) is 6.38. The molecule has 2 rings (SSSR count). The van der Waals surface area contributed by atoms with Gasteiger partial charge in [0.25, 0.3) is 0 Å². The molecule has 20 heavy (non-hydrogen) atoms. The van der Waals surface area contributed by atoms with E-state index in [4.69, 9.17) is 10.5 Å². The van der Waals surface area contributed by atoms with E-state index in [1.54, 1.807) is 18.2 Å². The molecule has 4 nitrogen and oxygen atoms in total. The van der Waals surface area contributed by atoms with Crippen LogP contribution in [0.5, 0.6) is 11.5 Å². The number of ether oxygens (including phenoxy) is 2. The number of esters is 1. The number of anilines is 1. The van der Waals surface area contributed by atoms with Crippen LogP contribution in [-0.2, 0) is 11.2 Å². The second-order valence-corrected chi connectivity index (χ2v) is 4.35. The Morgan fingerprint density at radius 3 is 2.70 bits per heavy atom. The minimum Gasteiger partial charge on any atom is -0.465 e. The van der Waals surface area contributed by atoms with Crippen molar-refractivity contribution in [2.45, 2.75) is 13.3 Å². The van der Waals surface area contributed by atoms with Crippen molar-refractivity contribution in [2.75, 3.05) is 12.8 Å². The fourth-order valence-corrected chi connectivity index (χ4v) is 1.82. The highest BCUT2D eigenvalue weighted by Crippen LogP contribution is 2.29. The van der Waals surface area contributed by atoms with Crippen molar-refractivity contribution >= 4 is 11.7 Å². The van der Waals surface area contributed by atoms with Gasteiger partial charge in [0.05, 0.1) is 18.4 Å². The van der Waals surface area contributed by atoms with E-state index in [1.807, 2.05) is 24.3 Å². The van der Waals surface area contributed by atoms with Gasteiger partial charge < -0.3 is 15.2 Å². The Kier molecular flexibility index (Phi) is 4.25. The molecule has 0 amide bonds. The summed E-state index contributed by atoms with van der Waals surface area (Å²) in [5, 5.41) is 0. The topological polar surface area (TPSA) is 61.5 Å². The fraction of sp³-hybridized carbons (Fsp3) is 0.188. The van der Waals surface area contributed by atoms with Crippen LogP contribution < -0.4 is 10.5 Å². The molecule has 2 N–H and O–H groups in total. The summed E-state index contributed by atoms with van der Waals surface area (Å²) in [5.74, 6) is 0.719. The van der Waals surface area contributed by atoms with Crippen LogP contribution in [0.4, 0.5) is 5.69 Å². The molecule has 0 aliphatic rings. The summed E-state index contributed by atoms with van der Waals surface area (Å²) >= 11 is 0. The summed E-state index contributed by atoms with van der Waals surface area (Å²) in [4.78, 5) is 11.5. The van der Waals surface area contributed by atoms with E-state index in [0.29, 0.717) is 22.7 Å². The van der Waals surface area contributed by atoms with Crippen LogP contribution in [-0.4, -0.2) is 13.1 Å². The summed E-state index contributed by atoms with van der Waals surface area (Å²) in [6.07, 6.45) is 0.925. The number of methoxy groups -OCH3 is 1. The first-order chi connectivity index (χ1) is 9.63. The molecule has 0 aliphatic carbocycles. The van der Waals surface area contributed by atoms with E-state index in [0.717, 1.165) is 6.42 Å². The first kappa shape index (κ1) is 13.9. The summed E-state index contributed by atoms with van der Waals surface area (Å²) in [6, 6.07) is 12.6. The Bertz CT molecular complexity index is 623. The molecule has 0 fully saturated rings. The molecular formula is C16H17NO3. The quantitative estimate of drug-likeness (QED) is 0.683. The van der Waals surface area contributed by atoms with E-state index < -0.39 is 5.97 Å². The lowest BCUT2D eigenvalue weighted by Gasteiger charge is -2.10. The second kappa shape index (κ2) is 6.10. The zero-order chi connectivity index (χ0) is 14.5. The lowest BCUT2D eigenvalue weighted by Crippen LogP contribution is -2.02. The number of nitrogens with two attached hydrogens (primary N) is 1. The maximum Gasteiger partial charge on any atom is 0.337 e. The normalized spacial score (nSPS) is 10.1.